The highest BCUT2D eigenvalue weighted by atomic mass is 16.7. The number of benzene rings is 1. The van der Waals surface area contributed by atoms with Gasteiger partial charge in [-0.05, 0) is 32.3 Å². The lowest BCUT2D eigenvalue weighted by molar-refractivity contribution is -0.175. The summed E-state index contributed by atoms with van der Waals surface area (Å²) in [6, 6.07) is 10.3. The van der Waals surface area contributed by atoms with E-state index < -0.39 is 6.29 Å². The summed E-state index contributed by atoms with van der Waals surface area (Å²) in [6.45, 7) is 10.5. The zero-order valence-corrected chi connectivity index (χ0v) is 23.9. The van der Waals surface area contributed by atoms with Crippen molar-refractivity contribution in [1.82, 2.24) is 0 Å². The number of esters is 1. The Balaban J connectivity index is 2.20. The molecule has 0 saturated carbocycles. The maximum atomic E-state index is 13.0. The van der Waals surface area contributed by atoms with Crippen molar-refractivity contribution in [3.05, 3.63) is 48.0 Å². The van der Waals surface area contributed by atoms with Crippen molar-refractivity contribution in [1.29, 1.82) is 0 Å². The first-order chi connectivity index (χ1) is 18.1. The van der Waals surface area contributed by atoms with Crippen molar-refractivity contribution >= 4 is 5.97 Å². The fourth-order valence-electron chi connectivity index (χ4n) is 5.16. The molecule has 1 fully saturated rings. The molecular weight excluding hydrogens is 464 g/mol. The van der Waals surface area contributed by atoms with Gasteiger partial charge in [-0.2, -0.15) is 0 Å². The van der Waals surface area contributed by atoms with Gasteiger partial charge in [0.15, 0.2) is 6.29 Å². The molecule has 1 aromatic rings. The third-order valence-electron chi connectivity index (χ3n) is 7.24. The van der Waals surface area contributed by atoms with E-state index in [9.17, 15) is 4.79 Å². The highest BCUT2D eigenvalue weighted by Gasteiger charge is 2.44. The number of hydrogen-bond acceptors (Lipinski definition) is 5. The van der Waals surface area contributed by atoms with E-state index in [1.807, 2.05) is 32.0 Å². The summed E-state index contributed by atoms with van der Waals surface area (Å²) in [5.74, 6) is -0.387. The Bertz CT molecular complexity index is 728. The smallest absolute Gasteiger partial charge is 0.310 e. The molecule has 0 amide bonds. The molecule has 1 aromatic carbocycles. The van der Waals surface area contributed by atoms with E-state index in [0.29, 0.717) is 26.4 Å². The van der Waals surface area contributed by atoms with Gasteiger partial charge in [0.25, 0.3) is 0 Å². The number of cyclic esters (lactones) is 1. The predicted octanol–water partition coefficient (Wildman–Crippen LogP) is 7.87. The molecule has 0 aliphatic carbocycles. The molecule has 1 aliphatic heterocycles. The standard InChI is InChI=1S/C32H52O5/c1-5-9-11-12-17-20-27-25-37-31(33)30(27)29(32(34-7-3)35-8-4)23-22-28(21-14-10-6-2)36-24-26-18-15-13-16-19-26/h13,15-16,18-19,22-23,27-30,32H,5-12,14,17,20-21,24-25H2,1-4H3/b23-22+/t27-,28-,29+,30-/m0/s1. The Morgan fingerprint density at radius 3 is 2.22 bits per heavy atom. The third kappa shape index (κ3) is 11.7. The fraction of sp³-hybridized carbons (Fsp3) is 0.719. The second-order valence-corrected chi connectivity index (χ2v) is 10.2. The molecule has 4 atom stereocenters. The van der Waals surface area contributed by atoms with Gasteiger partial charge in [-0.1, -0.05) is 108 Å². The number of carbonyl (C=O) groups excluding carboxylic acids is 1. The van der Waals surface area contributed by atoms with Crippen LogP contribution in [0.3, 0.4) is 0 Å². The van der Waals surface area contributed by atoms with Gasteiger partial charge >= 0.3 is 5.97 Å². The largest absolute Gasteiger partial charge is 0.465 e. The van der Waals surface area contributed by atoms with Crippen LogP contribution in [0, 0.1) is 17.8 Å². The van der Waals surface area contributed by atoms with Gasteiger partial charge in [-0.25, -0.2) is 0 Å². The molecule has 1 aliphatic rings. The quantitative estimate of drug-likeness (QED) is 0.0720. The van der Waals surface area contributed by atoms with Crippen LogP contribution in [0.4, 0.5) is 0 Å². The molecule has 0 bridgehead atoms. The first kappa shape index (κ1) is 31.5. The average Bonchev–Trinajstić information content (AvgIpc) is 3.27. The van der Waals surface area contributed by atoms with Crippen molar-refractivity contribution in [3.63, 3.8) is 0 Å². The van der Waals surface area contributed by atoms with E-state index in [-0.39, 0.29) is 29.8 Å². The predicted molar refractivity (Wildman–Crippen MR) is 150 cm³/mol. The van der Waals surface area contributed by atoms with Gasteiger partial charge in [0, 0.05) is 25.0 Å². The Hall–Kier alpha value is -1.69. The lowest BCUT2D eigenvalue weighted by atomic mass is 9.79. The SMILES string of the molecule is CCCCCCC[C@H]1COC(=O)[C@@H]1[C@@H](/C=C/[C@H](CCCCC)OCc1ccccc1)C(OCC)OCC. The number of ether oxygens (including phenoxy) is 4. The Kier molecular flexibility index (Phi) is 16.5. The summed E-state index contributed by atoms with van der Waals surface area (Å²) in [6.07, 6.45) is 15.3. The van der Waals surface area contributed by atoms with Gasteiger partial charge in [0.1, 0.15) is 0 Å². The van der Waals surface area contributed by atoms with E-state index in [2.05, 4.69) is 38.1 Å². The van der Waals surface area contributed by atoms with Gasteiger partial charge in [-0.3, -0.25) is 4.79 Å². The summed E-state index contributed by atoms with van der Waals surface area (Å²) in [5.41, 5.74) is 1.16. The molecule has 0 unspecified atom stereocenters. The van der Waals surface area contributed by atoms with E-state index in [0.717, 1.165) is 31.2 Å². The minimum Gasteiger partial charge on any atom is -0.465 e. The monoisotopic (exact) mass is 516 g/mol. The zero-order valence-electron chi connectivity index (χ0n) is 23.9. The van der Waals surface area contributed by atoms with Gasteiger partial charge in [0.05, 0.1) is 25.2 Å². The van der Waals surface area contributed by atoms with E-state index in [1.54, 1.807) is 0 Å². The van der Waals surface area contributed by atoms with E-state index in [1.165, 1.54) is 38.5 Å². The number of carbonyl (C=O) groups is 1. The minimum atomic E-state index is -0.477. The zero-order chi connectivity index (χ0) is 26.7. The van der Waals surface area contributed by atoms with Crippen LogP contribution in [0.15, 0.2) is 42.5 Å². The second-order valence-electron chi connectivity index (χ2n) is 10.2. The van der Waals surface area contributed by atoms with Gasteiger partial charge < -0.3 is 18.9 Å². The fourth-order valence-corrected chi connectivity index (χ4v) is 5.16. The highest BCUT2D eigenvalue weighted by molar-refractivity contribution is 5.75. The maximum Gasteiger partial charge on any atom is 0.310 e. The number of rotatable bonds is 21. The lowest BCUT2D eigenvalue weighted by Gasteiger charge is -2.30. The third-order valence-corrected chi connectivity index (χ3v) is 7.24. The Morgan fingerprint density at radius 1 is 0.865 bits per heavy atom. The average molecular weight is 517 g/mol. The van der Waals surface area contributed by atoms with Crippen LogP contribution < -0.4 is 0 Å². The number of unbranched alkanes of at least 4 members (excludes halogenated alkanes) is 6. The maximum absolute atomic E-state index is 13.0. The Morgan fingerprint density at radius 2 is 1.54 bits per heavy atom. The van der Waals surface area contributed by atoms with E-state index >= 15 is 0 Å². The molecule has 0 spiro atoms. The molecule has 37 heavy (non-hydrogen) atoms. The molecule has 0 aromatic heterocycles. The van der Waals surface area contributed by atoms with Crippen LogP contribution in [0.2, 0.25) is 0 Å². The van der Waals surface area contributed by atoms with Crippen LogP contribution in [0.5, 0.6) is 0 Å². The summed E-state index contributed by atoms with van der Waals surface area (Å²) < 4.78 is 24.1. The van der Waals surface area contributed by atoms with Crippen LogP contribution in [0.1, 0.15) is 97.5 Å². The van der Waals surface area contributed by atoms with Crippen LogP contribution in [-0.4, -0.2) is 38.2 Å². The molecule has 1 saturated heterocycles. The molecule has 0 radical (unpaired) electrons. The first-order valence-corrected chi connectivity index (χ1v) is 14.9. The summed E-state index contributed by atoms with van der Waals surface area (Å²) in [4.78, 5) is 13.0. The topological polar surface area (TPSA) is 54.0 Å². The normalized spacial score (nSPS) is 19.5. The molecule has 5 heteroatoms. The summed E-state index contributed by atoms with van der Waals surface area (Å²) in [5, 5.41) is 0. The molecule has 2 rings (SSSR count). The molecule has 5 nitrogen and oxygen atoms in total. The van der Waals surface area contributed by atoms with Crippen LogP contribution >= 0.6 is 0 Å². The van der Waals surface area contributed by atoms with Crippen molar-refractivity contribution < 1.29 is 23.7 Å². The van der Waals surface area contributed by atoms with Crippen molar-refractivity contribution in [3.8, 4) is 0 Å². The molecule has 1 heterocycles. The van der Waals surface area contributed by atoms with Crippen molar-refractivity contribution in [2.24, 2.45) is 17.8 Å². The van der Waals surface area contributed by atoms with Crippen LogP contribution in [0.25, 0.3) is 0 Å². The highest BCUT2D eigenvalue weighted by Crippen LogP contribution is 2.37. The summed E-state index contributed by atoms with van der Waals surface area (Å²) in [7, 11) is 0. The first-order valence-electron chi connectivity index (χ1n) is 14.9. The summed E-state index contributed by atoms with van der Waals surface area (Å²) >= 11 is 0. The van der Waals surface area contributed by atoms with E-state index in [4.69, 9.17) is 18.9 Å². The minimum absolute atomic E-state index is 0.0249. The lowest BCUT2D eigenvalue weighted by Crippen LogP contribution is -2.37. The molecular formula is C32H52O5. The molecule has 0 N–H and O–H groups in total. The van der Waals surface area contributed by atoms with Gasteiger partial charge in [0.2, 0.25) is 0 Å². The number of hydrogen-bond donors (Lipinski definition) is 0. The second kappa shape index (κ2) is 19.4. The van der Waals surface area contributed by atoms with Crippen molar-refractivity contribution in [2.45, 2.75) is 111 Å². The van der Waals surface area contributed by atoms with Crippen molar-refractivity contribution in [2.75, 3.05) is 19.8 Å². The molecule has 210 valence electrons. The van der Waals surface area contributed by atoms with Crippen LogP contribution in [-0.2, 0) is 30.3 Å². The van der Waals surface area contributed by atoms with Gasteiger partial charge in [-0.15, -0.1) is 0 Å². The Labute approximate surface area is 226 Å².